The highest BCUT2D eigenvalue weighted by atomic mass is 16.5. The van der Waals surface area contributed by atoms with Crippen LogP contribution >= 0.6 is 0 Å². The van der Waals surface area contributed by atoms with Gasteiger partial charge in [0.15, 0.2) is 0 Å². The smallest absolute Gasteiger partial charge is 0.234 e. The van der Waals surface area contributed by atoms with Crippen LogP contribution < -0.4 is 5.32 Å². The maximum absolute atomic E-state index is 5.43. The summed E-state index contributed by atoms with van der Waals surface area (Å²) in [5.74, 6) is 1.34. The molecular weight excluding hydrogens is 232 g/mol. The predicted molar refractivity (Wildman–Crippen MR) is 63.9 cm³/mol. The molecule has 0 spiro atoms. The number of hydrogen-bond acceptors (Lipinski definition) is 6. The lowest BCUT2D eigenvalue weighted by atomic mass is 10.0. The van der Waals surface area contributed by atoms with E-state index in [0.717, 1.165) is 5.56 Å². The lowest BCUT2D eigenvalue weighted by Gasteiger charge is -2.11. The van der Waals surface area contributed by atoms with Crippen LogP contribution in [0, 0.1) is 0 Å². The van der Waals surface area contributed by atoms with E-state index >= 15 is 0 Å². The van der Waals surface area contributed by atoms with Crippen molar-refractivity contribution >= 4 is 0 Å². The summed E-state index contributed by atoms with van der Waals surface area (Å²) < 4.78 is 10.8. The first kappa shape index (κ1) is 11.3. The third-order valence-electron chi connectivity index (χ3n) is 3.15. The number of ether oxygens (including phenoxy) is 1. The molecule has 6 nitrogen and oxygen atoms in total. The molecular formula is C12H14N4O2. The van der Waals surface area contributed by atoms with Crippen LogP contribution in [0.5, 0.6) is 0 Å². The Hall–Kier alpha value is -1.79. The van der Waals surface area contributed by atoms with Gasteiger partial charge in [-0.3, -0.25) is 4.98 Å². The molecule has 0 saturated carbocycles. The molecule has 0 radical (unpaired) electrons. The first-order valence-corrected chi connectivity index (χ1v) is 5.87. The normalized spacial score (nSPS) is 23.4. The van der Waals surface area contributed by atoms with Gasteiger partial charge < -0.3 is 14.6 Å². The minimum Gasteiger partial charge on any atom is -0.379 e. The van der Waals surface area contributed by atoms with Gasteiger partial charge in [0.05, 0.1) is 19.1 Å². The third-order valence-corrected chi connectivity index (χ3v) is 3.15. The fourth-order valence-corrected chi connectivity index (χ4v) is 2.09. The topological polar surface area (TPSA) is 73.1 Å². The maximum atomic E-state index is 5.43. The zero-order valence-electron chi connectivity index (χ0n) is 10.0. The number of likely N-dealkylation sites (N-methyl/N-ethyl adjacent to an activating group) is 1. The second-order valence-electron chi connectivity index (χ2n) is 4.23. The van der Waals surface area contributed by atoms with Gasteiger partial charge in [-0.1, -0.05) is 5.16 Å². The Labute approximate surface area is 104 Å². The van der Waals surface area contributed by atoms with Crippen LogP contribution in [0.25, 0.3) is 11.4 Å². The molecule has 1 aliphatic rings. The highest BCUT2D eigenvalue weighted by Crippen LogP contribution is 2.26. The largest absolute Gasteiger partial charge is 0.379 e. The number of aromatic nitrogens is 3. The van der Waals surface area contributed by atoms with Gasteiger partial charge in [-0.25, -0.2) is 0 Å². The molecule has 0 aliphatic carbocycles. The Kier molecular flexibility index (Phi) is 3.04. The Morgan fingerprint density at radius 1 is 1.28 bits per heavy atom. The Morgan fingerprint density at radius 2 is 2.11 bits per heavy atom. The van der Waals surface area contributed by atoms with Crippen molar-refractivity contribution in [2.75, 3.05) is 20.3 Å². The second-order valence-corrected chi connectivity index (χ2v) is 4.23. The second kappa shape index (κ2) is 4.83. The lowest BCUT2D eigenvalue weighted by Crippen LogP contribution is -2.31. The van der Waals surface area contributed by atoms with Crippen molar-refractivity contribution in [2.45, 2.75) is 12.0 Å². The van der Waals surface area contributed by atoms with Gasteiger partial charge in [-0.05, 0) is 19.2 Å². The van der Waals surface area contributed by atoms with Gasteiger partial charge in [0.2, 0.25) is 11.7 Å². The van der Waals surface area contributed by atoms with Gasteiger partial charge in [-0.2, -0.15) is 4.98 Å². The van der Waals surface area contributed by atoms with E-state index in [4.69, 9.17) is 9.26 Å². The van der Waals surface area contributed by atoms with Crippen LogP contribution in [-0.2, 0) is 4.74 Å². The van der Waals surface area contributed by atoms with Crippen molar-refractivity contribution in [1.29, 1.82) is 0 Å². The minimum absolute atomic E-state index is 0.123. The Balaban J connectivity index is 1.86. The van der Waals surface area contributed by atoms with Crippen LogP contribution in [0.1, 0.15) is 11.8 Å². The van der Waals surface area contributed by atoms with Crippen LogP contribution in [0.3, 0.4) is 0 Å². The number of hydrogen-bond donors (Lipinski definition) is 1. The van der Waals surface area contributed by atoms with Crippen LogP contribution in [0.2, 0.25) is 0 Å². The molecule has 94 valence electrons. The molecule has 3 heterocycles. The van der Waals surface area contributed by atoms with Gasteiger partial charge in [0, 0.05) is 24.0 Å². The average molecular weight is 246 g/mol. The summed E-state index contributed by atoms with van der Waals surface area (Å²) in [6.45, 7) is 1.29. The van der Waals surface area contributed by atoms with E-state index in [9.17, 15) is 0 Å². The summed E-state index contributed by atoms with van der Waals surface area (Å²) in [6.07, 6.45) is 3.42. The molecule has 0 amide bonds. The number of pyridine rings is 1. The molecule has 1 aliphatic heterocycles. The summed E-state index contributed by atoms with van der Waals surface area (Å²) >= 11 is 0. The van der Waals surface area contributed by atoms with Gasteiger partial charge >= 0.3 is 0 Å². The van der Waals surface area contributed by atoms with E-state index in [0.29, 0.717) is 24.9 Å². The molecule has 2 unspecified atom stereocenters. The van der Waals surface area contributed by atoms with Crippen molar-refractivity contribution < 1.29 is 9.26 Å². The van der Waals surface area contributed by atoms with E-state index in [1.807, 2.05) is 19.2 Å². The van der Waals surface area contributed by atoms with E-state index in [1.165, 1.54) is 0 Å². The SMILES string of the molecule is CNC1COCC1c1nc(-c2ccncc2)no1. The molecule has 2 aromatic heterocycles. The minimum atomic E-state index is 0.123. The van der Waals surface area contributed by atoms with Gasteiger partial charge in [0.1, 0.15) is 0 Å². The van der Waals surface area contributed by atoms with Crippen molar-refractivity contribution in [1.82, 2.24) is 20.4 Å². The van der Waals surface area contributed by atoms with E-state index < -0.39 is 0 Å². The fourth-order valence-electron chi connectivity index (χ4n) is 2.09. The monoisotopic (exact) mass is 246 g/mol. The molecule has 6 heteroatoms. The average Bonchev–Trinajstić information content (AvgIpc) is 3.08. The molecule has 18 heavy (non-hydrogen) atoms. The summed E-state index contributed by atoms with van der Waals surface area (Å²) in [5, 5.41) is 7.20. The van der Waals surface area contributed by atoms with E-state index in [2.05, 4.69) is 20.4 Å². The fraction of sp³-hybridized carbons (Fsp3) is 0.417. The molecule has 0 bridgehead atoms. The van der Waals surface area contributed by atoms with E-state index in [1.54, 1.807) is 12.4 Å². The summed E-state index contributed by atoms with van der Waals surface area (Å²) in [5.41, 5.74) is 0.903. The van der Waals surface area contributed by atoms with E-state index in [-0.39, 0.29) is 12.0 Å². The molecule has 1 fully saturated rings. The molecule has 2 aromatic rings. The van der Waals surface area contributed by atoms with Gasteiger partial charge in [0.25, 0.3) is 0 Å². The first-order valence-electron chi connectivity index (χ1n) is 5.87. The third kappa shape index (κ3) is 2.00. The Bertz CT molecular complexity index is 514. The summed E-state index contributed by atoms with van der Waals surface area (Å²) in [4.78, 5) is 8.40. The highest BCUT2D eigenvalue weighted by molar-refractivity contribution is 5.52. The van der Waals surface area contributed by atoms with Crippen molar-refractivity contribution in [2.24, 2.45) is 0 Å². The zero-order valence-corrected chi connectivity index (χ0v) is 10.0. The maximum Gasteiger partial charge on any atom is 0.234 e. The highest BCUT2D eigenvalue weighted by Gasteiger charge is 2.32. The standard InChI is InChI=1S/C12H14N4O2/c1-13-10-7-17-6-9(10)12-15-11(16-18-12)8-2-4-14-5-3-8/h2-5,9-10,13H,6-7H2,1H3. The van der Waals surface area contributed by atoms with Crippen LogP contribution in [0.4, 0.5) is 0 Å². The summed E-state index contributed by atoms with van der Waals surface area (Å²) in [7, 11) is 1.91. The zero-order chi connectivity index (χ0) is 12.4. The summed E-state index contributed by atoms with van der Waals surface area (Å²) in [6, 6.07) is 3.95. The quantitative estimate of drug-likeness (QED) is 0.865. The number of nitrogens with one attached hydrogen (secondary N) is 1. The number of nitrogens with zero attached hydrogens (tertiary/aromatic N) is 3. The van der Waals surface area contributed by atoms with Crippen molar-refractivity contribution in [3.05, 3.63) is 30.4 Å². The Morgan fingerprint density at radius 3 is 2.89 bits per heavy atom. The first-order chi connectivity index (χ1) is 8.88. The molecule has 0 aromatic carbocycles. The van der Waals surface area contributed by atoms with Crippen LogP contribution in [-0.4, -0.2) is 41.4 Å². The molecule has 1 saturated heterocycles. The van der Waals surface area contributed by atoms with Crippen molar-refractivity contribution in [3.8, 4) is 11.4 Å². The van der Waals surface area contributed by atoms with Gasteiger partial charge in [-0.15, -0.1) is 0 Å². The molecule has 3 rings (SSSR count). The predicted octanol–water partition coefficient (Wildman–Crippen LogP) is 0.833. The molecule has 1 N–H and O–H groups in total. The van der Waals surface area contributed by atoms with Crippen molar-refractivity contribution in [3.63, 3.8) is 0 Å². The number of rotatable bonds is 3. The van der Waals surface area contributed by atoms with Crippen LogP contribution in [0.15, 0.2) is 29.0 Å². The molecule has 2 atom stereocenters. The lowest BCUT2D eigenvalue weighted by molar-refractivity contribution is 0.185.